The van der Waals surface area contributed by atoms with Gasteiger partial charge >= 0.3 is 0 Å². The monoisotopic (exact) mass is 495 g/mol. The van der Waals surface area contributed by atoms with Gasteiger partial charge in [-0.05, 0) is 67.9 Å². The van der Waals surface area contributed by atoms with Crippen molar-refractivity contribution in [2.45, 2.75) is 26.7 Å². The first-order valence-electron chi connectivity index (χ1n) is 13.0. The summed E-state index contributed by atoms with van der Waals surface area (Å²) < 4.78 is 7.77. The van der Waals surface area contributed by atoms with Crippen LogP contribution >= 0.6 is 0 Å². The van der Waals surface area contributed by atoms with E-state index in [1.54, 1.807) is 0 Å². The first-order valence-corrected chi connectivity index (χ1v) is 13.0. The number of aromatic amines is 1. The molecule has 0 bridgehead atoms. The van der Waals surface area contributed by atoms with Crippen molar-refractivity contribution in [2.75, 3.05) is 31.6 Å². The Morgan fingerprint density at radius 3 is 2.38 bits per heavy atom. The lowest BCUT2D eigenvalue weighted by molar-refractivity contribution is 0.238. The first kappa shape index (κ1) is 24.5. The smallest absolute Gasteiger partial charge is 0.247 e. The van der Waals surface area contributed by atoms with Gasteiger partial charge in [0.05, 0.1) is 11.9 Å². The van der Waals surface area contributed by atoms with Gasteiger partial charge in [0.1, 0.15) is 12.4 Å². The fraction of sp³-hybridized carbons (Fsp3) is 0.276. The van der Waals surface area contributed by atoms with Crippen LogP contribution in [0.5, 0.6) is 5.75 Å². The van der Waals surface area contributed by atoms with E-state index in [4.69, 9.17) is 9.84 Å². The van der Waals surface area contributed by atoms with Gasteiger partial charge in [-0.3, -0.25) is 10.00 Å². The molecule has 3 aromatic heterocycles. The number of fused-ring (bicyclic) bond motifs is 1. The lowest BCUT2D eigenvalue weighted by Crippen LogP contribution is -2.25. The second-order valence-corrected chi connectivity index (χ2v) is 8.73. The van der Waals surface area contributed by atoms with Crippen LogP contribution in [0.2, 0.25) is 0 Å². The van der Waals surface area contributed by atoms with E-state index in [1.807, 2.05) is 73.2 Å². The first-order chi connectivity index (χ1) is 18.3. The molecule has 190 valence electrons. The minimum Gasteiger partial charge on any atom is -0.492 e. The Hall–Kier alpha value is -4.17. The fourth-order valence-corrected chi connectivity index (χ4v) is 4.48. The molecule has 0 atom stereocenters. The molecule has 1 aliphatic rings. The van der Waals surface area contributed by atoms with E-state index >= 15 is 0 Å². The van der Waals surface area contributed by atoms with Gasteiger partial charge < -0.3 is 10.1 Å². The number of benzene rings is 2. The van der Waals surface area contributed by atoms with Crippen LogP contribution in [0.3, 0.4) is 0 Å². The number of ether oxygens (including phenoxy) is 1. The average molecular weight is 496 g/mol. The van der Waals surface area contributed by atoms with Gasteiger partial charge in [0.2, 0.25) is 5.95 Å². The van der Waals surface area contributed by atoms with Crippen LogP contribution < -0.4 is 10.1 Å². The molecule has 0 unspecified atom stereocenters. The van der Waals surface area contributed by atoms with Crippen LogP contribution in [-0.4, -0.2) is 55.9 Å². The average Bonchev–Trinajstić information content (AvgIpc) is 3.73. The van der Waals surface area contributed by atoms with Crippen molar-refractivity contribution in [2.24, 2.45) is 0 Å². The highest BCUT2D eigenvalue weighted by Crippen LogP contribution is 2.26. The van der Waals surface area contributed by atoms with E-state index in [0.29, 0.717) is 12.6 Å². The Kier molecular flexibility index (Phi) is 7.76. The molecular weight excluding hydrogens is 462 g/mol. The van der Waals surface area contributed by atoms with E-state index in [0.717, 1.165) is 46.0 Å². The molecule has 4 heterocycles. The predicted octanol–water partition coefficient (Wildman–Crippen LogP) is 6.03. The molecule has 2 N–H and O–H groups in total. The lowest BCUT2D eigenvalue weighted by atomic mass is 10.1. The van der Waals surface area contributed by atoms with Crippen molar-refractivity contribution in [1.29, 1.82) is 0 Å². The molecule has 0 amide bonds. The van der Waals surface area contributed by atoms with E-state index in [9.17, 15) is 0 Å². The summed E-state index contributed by atoms with van der Waals surface area (Å²) in [6, 6.07) is 22.3. The summed E-state index contributed by atoms with van der Waals surface area (Å²) in [7, 11) is 0. The summed E-state index contributed by atoms with van der Waals surface area (Å²) in [5.74, 6) is 1.43. The molecular formula is C29H33N7O. The largest absolute Gasteiger partial charge is 0.492 e. The predicted molar refractivity (Wildman–Crippen MR) is 148 cm³/mol. The van der Waals surface area contributed by atoms with Gasteiger partial charge in [-0.2, -0.15) is 10.1 Å². The zero-order chi connectivity index (χ0) is 25.5. The number of nitrogens with one attached hydrogen (secondary N) is 2. The summed E-state index contributed by atoms with van der Waals surface area (Å²) in [5.41, 5.74) is 5.91. The number of likely N-dealkylation sites (tertiary alicyclic amines) is 1. The molecule has 0 aliphatic carbocycles. The van der Waals surface area contributed by atoms with Gasteiger partial charge in [0.25, 0.3) is 0 Å². The summed E-state index contributed by atoms with van der Waals surface area (Å²) in [5, 5.41) is 14.9. The number of rotatable bonds is 8. The molecule has 0 saturated carbocycles. The summed E-state index contributed by atoms with van der Waals surface area (Å²) >= 11 is 0. The molecule has 8 heteroatoms. The van der Waals surface area contributed by atoms with E-state index in [-0.39, 0.29) is 0 Å². The van der Waals surface area contributed by atoms with E-state index < -0.39 is 0 Å². The fourth-order valence-electron chi connectivity index (χ4n) is 4.48. The van der Waals surface area contributed by atoms with Crippen LogP contribution in [0.25, 0.3) is 28.0 Å². The molecule has 6 rings (SSSR count). The molecule has 2 aromatic carbocycles. The molecule has 0 spiro atoms. The number of anilines is 2. The van der Waals surface area contributed by atoms with Crippen molar-refractivity contribution in [3.63, 3.8) is 0 Å². The van der Waals surface area contributed by atoms with Crippen molar-refractivity contribution >= 4 is 17.3 Å². The van der Waals surface area contributed by atoms with Crippen LogP contribution in [0.1, 0.15) is 26.7 Å². The minimum atomic E-state index is 0.551. The number of pyridine rings is 1. The van der Waals surface area contributed by atoms with Gasteiger partial charge in [-0.1, -0.05) is 44.2 Å². The van der Waals surface area contributed by atoms with Crippen molar-refractivity contribution in [3.8, 4) is 28.1 Å². The summed E-state index contributed by atoms with van der Waals surface area (Å²) in [6.07, 6.45) is 6.31. The third kappa shape index (κ3) is 5.81. The molecule has 5 aromatic rings. The number of aromatic nitrogens is 5. The van der Waals surface area contributed by atoms with Gasteiger partial charge in [0.15, 0.2) is 5.65 Å². The molecule has 37 heavy (non-hydrogen) atoms. The normalized spacial score (nSPS) is 13.4. The van der Waals surface area contributed by atoms with Crippen molar-refractivity contribution in [3.05, 3.63) is 79.1 Å². The maximum Gasteiger partial charge on any atom is 0.247 e. The minimum absolute atomic E-state index is 0.551. The zero-order valence-electron chi connectivity index (χ0n) is 21.4. The summed E-state index contributed by atoms with van der Waals surface area (Å²) in [6.45, 7) is 8.08. The van der Waals surface area contributed by atoms with Crippen LogP contribution in [0.15, 0.2) is 79.1 Å². The van der Waals surface area contributed by atoms with Gasteiger partial charge in [-0.15, -0.1) is 5.10 Å². The lowest BCUT2D eigenvalue weighted by Gasteiger charge is -2.15. The van der Waals surface area contributed by atoms with Gasteiger partial charge in [0, 0.05) is 29.6 Å². The SMILES string of the molecule is CC.c1cc(-c2ccc(-c3cn[nH]c3)cc2)n2nc(Nc3ccc(OCCN4CCCC4)cc3)nc2c1. The highest BCUT2D eigenvalue weighted by molar-refractivity contribution is 5.70. The maximum atomic E-state index is 5.91. The summed E-state index contributed by atoms with van der Waals surface area (Å²) in [4.78, 5) is 7.11. The molecule has 1 saturated heterocycles. The Balaban J connectivity index is 0.00000137. The Bertz CT molecular complexity index is 1390. The molecule has 1 aliphatic heterocycles. The third-order valence-corrected chi connectivity index (χ3v) is 6.36. The Morgan fingerprint density at radius 1 is 0.892 bits per heavy atom. The van der Waals surface area contributed by atoms with Crippen molar-refractivity contribution in [1.82, 2.24) is 29.7 Å². The number of nitrogens with zero attached hydrogens (tertiary/aromatic N) is 5. The molecule has 1 fully saturated rings. The maximum absolute atomic E-state index is 5.91. The second-order valence-electron chi connectivity index (χ2n) is 8.73. The highest BCUT2D eigenvalue weighted by atomic mass is 16.5. The van der Waals surface area contributed by atoms with Crippen LogP contribution in [0.4, 0.5) is 11.6 Å². The highest BCUT2D eigenvalue weighted by Gasteiger charge is 2.12. The zero-order valence-corrected chi connectivity index (χ0v) is 21.4. The van der Waals surface area contributed by atoms with E-state index in [1.165, 1.54) is 25.9 Å². The quantitative estimate of drug-likeness (QED) is 0.273. The van der Waals surface area contributed by atoms with Crippen molar-refractivity contribution < 1.29 is 4.74 Å². The van der Waals surface area contributed by atoms with Crippen LogP contribution in [0, 0.1) is 0 Å². The van der Waals surface area contributed by atoms with E-state index in [2.05, 4.69) is 49.7 Å². The van der Waals surface area contributed by atoms with Crippen LogP contribution in [-0.2, 0) is 0 Å². The number of hydrogen-bond donors (Lipinski definition) is 2. The third-order valence-electron chi connectivity index (χ3n) is 6.36. The second kappa shape index (κ2) is 11.7. The molecule has 8 nitrogen and oxygen atoms in total. The topological polar surface area (TPSA) is 83.4 Å². The Labute approximate surface area is 217 Å². The molecule has 0 radical (unpaired) electrons. The Morgan fingerprint density at radius 2 is 1.65 bits per heavy atom. The number of hydrogen-bond acceptors (Lipinski definition) is 6. The number of H-pyrrole nitrogens is 1. The van der Waals surface area contributed by atoms with Gasteiger partial charge in [-0.25, -0.2) is 4.52 Å². The standard InChI is InChI=1S/C27H27N7O.C2H6/c1-2-15-33(14-1)16-17-35-24-12-10-23(11-13-24)30-27-31-26-5-3-4-25(34(26)32-27)21-8-6-20(7-9-21)22-18-28-29-19-22;1-2/h3-13,18-19H,1-2,14-17H2,(H,28,29)(H,30,32);1-2H3.